The van der Waals surface area contributed by atoms with Crippen LogP contribution in [0.4, 0.5) is 46.3 Å². The number of aromatic nitrogens is 2. The average molecular weight is 616 g/mol. The molecule has 2 fully saturated rings. The number of likely N-dealkylation sites (N-methyl/N-ethyl adjacent to an activating group) is 1. The molecular weight excluding hydrogens is 582 g/mol. The van der Waals surface area contributed by atoms with Crippen molar-refractivity contribution in [1.29, 1.82) is 0 Å². The van der Waals surface area contributed by atoms with Gasteiger partial charge in [0.05, 0.1) is 42.4 Å². The number of nitrogens with one attached hydrogen (secondary N) is 2. The molecular formula is C30H33F4N7O3. The fourth-order valence-corrected chi connectivity index (χ4v) is 5.31. The second-order valence-electron chi connectivity index (χ2n) is 10.5. The van der Waals surface area contributed by atoms with Crippen LogP contribution in [0, 0.1) is 5.82 Å². The van der Waals surface area contributed by atoms with Crippen LogP contribution in [0.1, 0.15) is 30.0 Å². The Balaban J connectivity index is 1.44. The molecule has 2 aliphatic heterocycles. The number of hydroxylamine groups is 1. The van der Waals surface area contributed by atoms with Gasteiger partial charge < -0.3 is 25.2 Å². The Kier molecular flexibility index (Phi) is 9.20. The lowest BCUT2D eigenvalue weighted by Crippen LogP contribution is -2.29. The number of carbonyl (C=O) groups excluding carboxylic acids is 1. The molecule has 10 nitrogen and oxygen atoms in total. The number of halogens is 4. The summed E-state index contributed by atoms with van der Waals surface area (Å²) in [6, 6.07) is 7.46. The van der Waals surface area contributed by atoms with E-state index in [4.69, 9.17) is 9.57 Å². The van der Waals surface area contributed by atoms with Gasteiger partial charge in [-0.25, -0.2) is 19.4 Å². The number of nitrogens with zero attached hydrogens (tertiary/aromatic N) is 5. The van der Waals surface area contributed by atoms with Gasteiger partial charge in [-0.2, -0.15) is 13.2 Å². The van der Waals surface area contributed by atoms with Gasteiger partial charge in [0.25, 0.3) is 0 Å². The number of amides is 1. The number of hydrogen-bond donors (Lipinski definition) is 2. The number of ether oxygens (including phenoxy) is 1. The number of anilines is 5. The van der Waals surface area contributed by atoms with E-state index in [2.05, 4.69) is 44.0 Å². The lowest BCUT2D eigenvalue weighted by molar-refractivity contribution is -0.140. The van der Waals surface area contributed by atoms with Crippen LogP contribution in [0.5, 0.6) is 5.75 Å². The molecule has 1 amide bonds. The number of alkyl halides is 3. The van der Waals surface area contributed by atoms with E-state index in [0.717, 1.165) is 50.4 Å². The summed E-state index contributed by atoms with van der Waals surface area (Å²) in [5.74, 6) is -0.594. The second kappa shape index (κ2) is 13.1. The van der Waals surface area contributed by atoms with Crippen LogP contribution in [-0.2, 0) is 15.8 Å². The Morgan fingerprint density at radius 2 is 1.93 bits per heavy atom. The van der Waals surface area contributed by atoms with Crippen molar-refractivity contribution in [2.75, 3.05) is 67.5 Å². The minimum Gasteiger partial charge on any atom is -0.494 e. The lowest BCUT2D eigenvalue weighted by Gasteiger charge is -2.27. The maximum Gasteiger partial charge on any atom is 0.419 e. The molecule has 2 aromatic carbocycles. The van der Waals surface area contributed by atoms with E-state index in [1.807, 2.05) is 6.07 Å². The Bertz CT molecular complexity index is 1520. The SMILES string of the molecule is C=CC(=O)Nc1cc(Nc2cc(N3OCC[C@@H]3c3ccc(F)c(C(F)(F)F)c3)ncn2)c(OC)cc1N1CCCN(C)CC1. The average Bonchev–Trinajstić information content (AvgIpc) is 3.39. The van der Waals surface area contributed by atoms with Gasteiger partial charge in [0.2, 0.25) is 5.91 Å². The Hall–Kier alpha value is -4.43. The lowest BCUT2D eigenvalue weighted by atomic mass is 10.0. The van der Waals surface area contributed by atoms with Crippen molar-refractivity contribution < 1.29 is 31.9 Å². The van der Waals surface area contributed by atoms with Gasteiger partial charge in [0, 0.05) is 38.2 Å². The van der Waals surface area contributed by atoms with E-state index in [9.17, 15) is 22.4 Å². The number of carbonyl (C=O) groups is 1. The smallest absolute Gasteiger partial charge is 0.419 e. The highest BCUT2D eigenvalue weighted by molar-refractivity contribution is 6.02. The summed E-state index contributed by atoms with van der Waals surface area (Å²) in [4.78, 5) is 31.1. The third kappa shape index (κ3) is 6.86. The van der Waals surface area contributed by atoms with E-state index >= 15 is 0 Å². The van der Waals surface area contributed by atoms with Crippen molar-refractivity contribution in [3.05, 3.63) is 72.3 Å². The third-order valence-corrected chi connectivity index (χ3v) is 7.55. The number of hydrogen-bond acceptors (Lipinski definition) is 9. The van der Waals surface area contributed by atoms with Crippen molar-refractivity contribution in [3.8, 4) is 5.75 Å². The predicted octanol–water partition coefficient (Wildman–Crippen LogP) is 5.54. The Morgan fingerprint density at radius 3 is 2.68 bits per heavy atom. The molecule has 5 rings (SSSR count). The van der Waals surface area contributed by atoms with Crippen molar-refractivity contribution in [2.24, 2.45) is 0 Å². The highest BCUT2D eigenvalue weighted by Crippen LogP contribution is 2.41. The quantitative estimate of drug-likeness (QED) is 0.250. The Morgan fingerprint density at radius 1 is 1.11 bits per heavy atom. The van der Waals surface area contributed by atoms with Crippen molar-refractivity contribution in [1.82, 2.24) is 14.9 Å². The molecule has 1 aromatic heterocycles. The number of methoxy groups -OCH3 is 1. The predicted molar refractivity (Wildman–Crippen MR) is 159 cm³/mol. The molecule has 44 heavy (non-hydrogen) atoms. The second-order valence-corrected chi connectivity index (χ2v) is 10.5. The molecule has 14 heteroatoms. The number of benzene rings is 2. The van der Waals surface area contributed by atoms with Crippen LogP contribution < -0.4 is 25.3 Å². The fourth-order valence-electron chi connectivity index (χ4n) is 5.31. The third-order valence-electron chi connectivity index (χ3n) is 7.55. The minimum absolute atomic E-state index is 0.226. The van der Waals surface area contributed by atoms with Crippen LogP contribution >= 0.6 is 0 Å². The van der Waals surface area contributed by atoms with Crippen LogP contribution in [-0.4, -0.2) is 67.7 Å². The van der Waals surface area contributed by atoms with Crippen molar-refractivity contribution in [2.45, 2.75) is 25.1 Å². The van der Waals surface area contributed by atoms with Gasteiger partial charge in [-0.15, -0.1) is 0 Å². The van der Waals surface area contributed by atoms with E-state index in [0.29, 0.717) is 29.4 Å². The zero-order valence-electron chi connectivity index (χ0n) is 24.3. The van der Waals surface area contributed by atoms with E-state index in [1.54, 1.807) is 12.1 Å². The summed E-state index contributed by atoms with van der Waals surface area (Å²) < 4.78 is 59.8. The molecule has 2 aliphatic rings. The molecule has 0 aliphatic carbocycles. The van der Waals surface area contributed by atoms with E-state index in [-0.39, 0.29) is 23.9 Å². The maximum absolute atomic E-state index is 13.9. The topological polar surface area (TPSA) is 95.1 Å². The summed E-state index contributed by atoms with van der Waals surface area (Å²) >= 11 is 0. The zero-order chi connectivity index (χ0) is 31.4. The van der Waals surface area contributed by atoms with Gasteiger partial charge in [0.15, 0.2) is 5.82 Å². The molecule has 0 radical (unpaired) electrons. The maximum atomic E-state index is 13.9. The van der Waals surface area contributed by atoms with Crippen LogP contribution in [0.2, 0.25) is 0 Å². The van der Waals surface area contributed by atoms with Crippen LogP contribution in [0.3, 0.4) is 0 Å². The number of rotatable bonds is 8. The molecule has 0 unspecified atom stereocenters. The van der Waals surface area contributed by atoms with Gasteiger partial charge in [-0.05, 0) is 49.9 Å². The monoisotopic (exact) mass is 615 g/mol. The normalized spacial score (nSPS) is 17.7. The fraction of sp³-hybridized carbons (Fsp3) is 0.367. The van der Waals surface area contributed by atoms with Crippen molar-refractivity contribution >= 4 is 34.6 Å². The van der Waals surface area contributed by atoms with Gasteiger partial charge >= 0.3 is 6.18 Å². The van der Waals surface area contributed by atoms with Crippen LogP contribution in [0.25, 0.3) is 0 Å². The summed E-state index contributed by atoms with van der Waals surface area (Å²) in [6.45, 7) is 7.16. The summed E-state index contributed by atoms with van der Waals surface area (Å²) in [7, 11) is 3.61. The molecule has 1 atom stereocenters. The molecule has 3 heterocycles. The first-order chi connectivity index (χ1) is 21.1. The first-order valence-electron chi connectivity index (χ1n) is 14.0. The standard InChI is InChI=1S/C30H33F4N7O3/c1-4-29(42)38-22-15-23(26(43-3)16-25(22)40-10-5-9-39(2)11-12-40)37-27-17-28(36-18-35-27)41-24(8-13-44-41)19-6-7-21(31)20(14-19)30(32,33)34/h4,6-7,14-18,24H,1,5,8-13H2,2-3H3,(H,38,42)(H,35,36,37)/t24-/m1/s1. The highest BCUT2D eigenvalue weighted by atomic mass is 19.4. The van der Waals surface area contributed by atoms with Gasteiger partial charge in [0.1, 0.15) is 23.7 Å². The first-order valence-corrected chi connectivity index (χ1v) is 14.0. The zero-order valence-corrected chi connectivity index (χ0v) is 24.3. The molecule has 0 saturated carbocycles. The van der Waals surface area contributed by atoms with E-state index < -0.39 is 23.6 Å². The molecule has 2 N–H and O–H groups in total. The molecule has 2 saturated heterocycles. The summed E-state index contributed by atoms with van der Waals surface area (Å²) in [6.07, 6.45) is -1.04. The molecule has 0 bridgehead atoms. The van der Waals surface area contributed by atoms with Gasteiger partial charge in [-0.3, -0.25) is 9.63 Å². The van der Waals surface area contributed by atoms with Crippen molar-refractivity contribution in [3.63, 3.8) is 0 Å². The largest absolute Gasteiger partial charge is 0.494 e. The first kappa shape index (κ1) is 31.0. The molecule has 3 aromatic rings. The van der Waals surface area contributed by atoms with E-state index in [1.165, 1.54) is 30.6 Å². The Labute approximate surface area is 252 Å². The van der Waals surface area contributed by atoms with Gasteiger partial charge in [-0.1, -0.05) is 12.6 Å². The molecule has 0 spiro atoms. The minimum atomic E-state index is -4.83. The summed E-state index contributed by atoms with van der Waals surface area (Å²) in [5, 5.41) is 7.48. The highest BCUT2D eigenvalue weighted by Gasteiger charge is 2.37. The summed E-state index contributed by atoms with van der Waals surface area (Å²) in [5.41, 5.74) is 0.751. The molecule has 234 valence electrons. The van der Waals surface area contributed by atoms with Crippen LogP contribution in [0.15, 0.2) is 55.4 Å².